The number of phenols is 1. The smallest absolute Gasteiger partial charge is 0.115 e. The highest BCUT2D eigenvalue weighted by Crippen LogP contribution is 2.49. The zero-order valence-electron chi connectivity index (χ0n) is 19.3. The molecule has 3 nitrogen and oxygen atoms in total. The largest absolute Gasteiger partial charge is 0.508 e. The quantitative estimate of drug-likeness (QED) is 0.425. The number of fused-ring (bicyclic) bond motifs is 4. The van der Waals surface area contributed by atoms with Crippen molar-refractivity contribution in [3.63, 3.8) is 0 Å². The van der Waals surface area contributed by atoms with Crippen LogP contribution in [0.1, 0.15) is 34.4 Å². The second-order valence-corrected chi connectivity index (χ2v) is 10.2. The van der Waals surface area contributed by atoms with Crippen LogP contribution in [0.25, 0.3) is 10.9 Å². The highest BCUT2D eigenvalue weighted by atomic mass is 16.3. The number of piperidine rings is 1. The van der Waals surface area contributed by atoms with Gasteiger partial charge in [-0.1, -0.05) is 60.7 Å². The first-order chi connectivity index (χ1) is 16.1. The van der Waals surface area contributed by atoms with Gasteiger partial charge in [0.1, 0.15) is 5.75 Å². The number of hydrogen-bond acceptors (Lipinski definition) is 2. The van der Waals surface area contributed by atoms with E-state index in [0.717, 1.165) is 45.3 Å². The fraction of sp³-hybridized carbons (Fsp3) is 0.333. The Hall–Kier alpha value is -3.04. The monoisotopic (exact) mass is 436 g/mol. The highest BCUT2D eigenvalue weighted by Gasteiger charge is 2.48. The van der Waals surface area contributed by atoms with Crippen LogP contribution in [0.3, 0.4) is 0 Å². The molecule has 2 atom stereocenters. The lowest BCUT2D eigenvalue weighted by molar-refractivity contribution is 0.0822. The van der Waals surface area contributed by atoms with Crippen LogP contribution in [-0.2, 0) is 24.7 Å². The summed E-state index contributed by atoms with van der Waals surface area (Å²) in [5.74, 6) is 0.918. The van der Waals surface area contributed by atoms with Gasteiger partial charge in [0.2, 0.25) is 0 Å². The molecule has 2 N–H and O–H groups in total. The summed E-state index contributed by atoms with van der Waals surface area (Å²) in [4.78, 5) is 6.48. The highest BCUT2D eigenvalue weighted by molar-refractivity contribution is 5.87. The minimum absolute atomic E-state index is 0.0732. The van der Waals surface area contributed by atoms with Gasteiger partial charge < -0.3 is 15.0 Å². The Bertz CT molecular complexity index is 1290. The molecule has 2 aliphatic rings. The Balaban J connectivity index is 1.36. The Morgan fingerprint density at radius 2 is 1.88 bits per heavy atom. The van der Waals surface area contributed by atoms with E-state index in [9.17, 15) is 5.11 Å². The van der Waals surface area contributed by atoms with Gasteiger partial charge >= 0.3 is 0 Å². The summed E-state index contributed by atoms with van der Waals surface area (Å²) >= 11 is 0. The van der Waals surface area contributed by atoms with E-state index in [1.54, 1.807) is 6.07 Å². The number of aryl methyl sites for hydroxylation is 1. The molecule has 0 saturated carbocycles. The number of likely N-dealkylation sites (tertiary alicyclic amines) is 1. The first kappa shape index (κ1) is 20.6. The molecule has 1 aliphatic heterocycles. The zero-order chi connectivity index (χ0) is 22.4. The van der Waals surface area contributed by atoms with E-state index < -0.39 is 0 Å². The minimum atomic E-state index is 0.0732. The summed E-state index contributed by atoms with van der Waals surface area (Å²) in [5.41, 5.74) is 8.32. The molecule has 0 radical (unpaired) electrons. The van der Waals surface area contributed by atoms with Gasteiger partial charge in [0, 0.05) is 35.1 Å². The maximum atomic E-state index is 10.3. The Labute approximate surface area is 196 Å². The summed E-state index contributed by atoms with van der Waals surface area (Å²) in [7, 11) is 0. The number of aromatic amines is 1. The molecule has 3 heteroatoms. The van der Waals surface area contributed by atoms with Crippen LogP contribution in [0.5, 0.6) is 5.75 Å². The van der Waals surface area contributed by atoms with Crippen LogP contribution in [0.15, 0.2) is 72.8 Å². The third-order valence-corrected chi connectivity index (χ3v) is 8.30. The number of para-hydroxylation sites is 1. The van der Waals surface area contributed by atoms with Crippen LogP contribution in [0.2, 0.25) is 0 Å². The molecule has 6 rings (SSSR count). The van der Waals surface area contributed by atoms with Crippen molar-refractivity contribution in [1.82, 2.24) is 9.88 Å². The number of benzene rings is 3. The molecule has 4 aromatic rings. The molecule has 1 aromatic heterocycles. The summed E-state index contributed by atoms with van der Waals surface area (Å²) in [6.45, 7) is 5.53. The number of nitrogens with one attached hydrogen (secondary N) is 1. The average molecular weight is 437 g/mol. The molecule has 0 spiro atoms. The van der Waals surface area contributed by atoms with Crippen molar-refractivity contribution in [3.8, 4) is 5.75 Å². The predicted molar refractivity (Wildman–Crippen MR) is 135 cm³/mol. The second kappa shape index (κ2) is 8.07. The van der Waals surface area contributed by atoms with E-state index >= 15 is 0 Å². The zero-order valence-corrected chi connectivity index (χ0v) is 19.3. The number of hydrogen-bond donors (Lipinski definition) is 2. The van der Waals surface area contributed by atoms with Crippen molar-refractivity contribution in [2.24, 2.45) is 5.92 Å². The summed E-state index contributed by atoms with van der Waals surface area (Å²) in [6, 6.07) is 25.6. The standard InChI is InChI=1S/C30H32N2O/c1-21-7-5-12-26-27-18-24-20-32(15-13-22-8-3-2-4-9-22)16-14-30(24,19-28(27)31-29(21)26)23-10-6-11-25(33)17-23/h2-12,17,24,31,33H,13-16,18-20H2,1H3/t24?,30-/m1/s1. The van der Waals surface area contributed by atoms with Crippen LogP contribution < -0.4 is 0 Å². The molecule has 2 heterocycles. The van der Waals surface area contributed by atoms with Crippen molar-refractivity contribution < 1.29 is 5.11 Å². The van der Waals surface area contributed by atoms with Gasteiger partial charge in [-0.15, -0.1) is 0 Å². The number of aromatic nitrogens is 1. The lowest BCUT2D eigenvalue weighted by Gasteiger charge is -2.51. The Kier molecular flexibility index (Phi) is 5.03. The molecular weight excluding hydrogens is 404 g/mol. The number of phenolic OH excluding ortho intramolecular Hbond substituents is 1. The number of H-pyrrole nitrogens is 1. The normalized spacial score (nSPS) is 22.8. The molecule has 168 valence electrons. The molecule has 1 unspecified atom stereocenters. The summed E-state index contributed by atoms with van der Waals surface area (Å²) in [6.07, 6.45) is 4.35. The SMILES string of the molecule is Cc1cccc2c3c([nH]c12)C[C@@]1(c2cccc(O)c2)CCN(CCc2ccccc2)CC1C3. The molecular formula is C30H32N2O. The van der Waals surface area contributed by atoms with Gasteiger partial charge in [0.15, 0.2) is 0 Å². The van der Waals surface area contributed by atoms with Gasteiger partial charge in [-0.05, 0) is 79.5 Å². The van der Waals surface area contributed by atoms with E-state index in [4.69, 9.17) is 0 Å². The fourth-order valence-electron chi connectivity index (χ4n) is 6.48. The minimum Gasteiger partial charge on any atom is -0.508 e. The maximum absolute atomic E-state index is 10.3. The van der Waals surface area contributed by atoms with Crippen molar-refractivity contribution in [2.75, 3.05) is 19.6 Å². The Morgan fingerprint density at radius 1 is 1.03 bits per heavy atom. The molecule has 1 saturated heterocycles. The average Bonchev–Trinajstić information content (AvgIpc) is 3.20. The van der Waals surface area contributed by atoms with Crippen LogP contribution in [0, 0.1) is 12.8 Å². The van der Waals surface area contributed by atoms with Gasteiger partial charge in [-0.25, -0.2) is 0 Å². The molecule has 1 fully saturated rings. The first-order valence-electron chi connectivity index (χ1n) is 12.3. The van der Waals surface area contributed by atoms with Gasteiger partial charge in [0.05, 0.1) is 0 Å². The van der Waals surface area contributed by atoms with E-state index in [2.05, 4.69) is 71.4 Å². The lowest BCUT2D eigenvalue weighted by atomic mass is 9.58. The van der Waals surface area contributed by atoms with Gasteiger partial charge in [-0.3, -0.25) is 0 Å². The lowest BCUT2D eigenvalue weighted by Crippen LogP contribution is -2.54. The van der Waals surface area contributed by atoms with Crippen LogP contribution >= 0.6 is 0 Å². The molecule has 33 heavy (non-hydrogen) atoms. The summed E-state index contributed by atoms with van der Waals surface area (Å²) in [5, 5.41) is 11.7. The summed E-state index contributed by atoms with van der Waals surface area (Å²) < 4.78 is 0. The van der Waals surface area contributed by atoms with Crippen molar-refractivity contribution in [3.05, 3.63) is 101 Å². The molecule has 3 aromatic carbocycles. The first-order valence-corrected chi connectivity index (χ1v) is 12.3. The second-order valence-electron chi connectivity index (χ2n) is 10.2. The van der Waals surface area contributed by atoms with Crippen LogP contribution in [0.4, 0.5) is 0 Å². The fourth-order valence-corrected chi connectivity index (χ4v) is 6.48. The Morgan fingerprint density at radius 3 is 2.73 bits per heavy atom. The predicted octanol–water partition coefficient (Wildman–Crippen LogP) is 5.78. The van der Waals surface area contributed by atoms with Gasteiger partial charge in [-0.2, -0.15) is 0 Å². The maximum Gasteiger partial charge on any atom is 0.115 e. The van der Waals surface area contributed by atoms with Crippen molar-refractivity contribution in [2.45, 2.75) is 38.0 Å². The van der Waals surface area contributed by atoms with Gasteiger partial charge in [0.25, 0.3) is 0 Å². The van der Waals surface area contributed by atoms with Crippen LogP contribution in [-0.4, -0.2) is 34.6 Å². The van der Waals surface area contributed by atoms with E-state index in [1.165, 1.54) is 38.9 Å². The number of nitrogens with zero attached hydrogens (tertiary/aromatic N) is 1. The number of aromatic hydroxyl groups is 1. The van der Waals surface area contributed by atoms with E-state index in [-0.39, 0.29) is 5.41 Å². The molecule has 0 bridgehead atoms. The topological polar surface area (TPSA) is 39.3 Å². The van der Waals surface area contributed by atoms with E-state index in [1.807, 2.05) is 12.1 Å². The molecule has 0 amide bonds. The third-order valence-electron chi connectivity index (χ3n) is 8.30. The van der Waals surface area contributed by atoms with Crippen molar-refractivity contribution >= 4 is 10.9 Å². The molecule has 1 aliphatic carbocycles. The van der Waals surface area contributed by atoms with E-state index in [0.29, 0.717) is 11.7 Å². The third kappa shape index (κ3) is 3.55. The van der Waals surface area contributed by atoms with Crippen molar-refractivity contribution in [1.29, 1.82) is 0 Å². The number of rotatable bonds is 4.